The molecule has 4 bridgehead atoms. The van der Waals surface area contributed by atoms with Gasteiger partial charge in [-0.1, -0.05) is 31.4 Å². The fraction of sp³-hybridized carbons (Fsp3) is 0.375. The van der Waals surface area contributed by atoms with Gasteiger partial charge in [-0.2, -0.15) is 9.97 Å². The molecule has 1 aromatic carbocycles. The van der Waals surface area contributed by atoms with E-state index in [1.165, 1.54) is 23.5 Å². The molecule has 0 radical (unpaired) electrons. The molecule has 0 fully saturated rings. The summed E-state index contributed by atoms with van der Waals surface area (Å²) in [5.74, 6) is 1.37. The number of nitrogens with one attached hydrogen (secondary N) is 1. The number of aryl methyl sites for hydroxylation is 1. The van der Waals surface area contributed by atoms with Gasteiger partial charge < -0.3 is 19.4 Å². The number of hydrogen-bond donors (Lipinski definition) is 1. The molecule has 3 aromatic rings. The Morgan fingerprint density at radius 1 is 0.968 bits per heavy atom. The fourth-order valence-corrected chi connectivity index (χ4v) is 3.48. The van der Waals surface area contributed by atoms with Gasteiger partial charge in [0.1, 0.15) is 11.6 Å². The van der Waals surface area contributed by atoms with Crippen LogP contribution >= 0.6 is 0 Å². The second kappa shape index (κ2) is 10.2. The number of pyridine rings is 1. The quantitative estimate of drug-likeness (QED) is 0.623. The highest BCUT2D eigenvalue weighted by atomic mass is 16.5. The molecule has 1 N–H and O–H groups in total. The van der Waals surface area contributed by atoms with Gasteiger partial charge in [-0.05, 0) is 36.6 Å². The number of anilines is 1. The first-order valence-electron chi connectivity index (χ1n) is 10.8. The van der Waals surface area contributed by atoms with E-state index in [9.17, 15) is 4.79 Å². The monoisotopic (exact) mass is 420 g/mol. The van der Waals surface area contributed by atoms with E-state index < -0.39 is 0 Å². The first-order valence-corrected chi connectivity index (χ1v) is 10.8. The normalized spacial score (nSPS) is 15.4. The molecule has 5 rings (SSSR count). The number of aromatic nitrogens is 3. The van der Waals surface area contributed by atoms with Crippen molar-refractivity contribution < 1.29 is 9.47 Å². The van der Waals surface area contributed by atoms with E-state index in [0.29, 0.717) is 23.9 Å². The maximum absolute atomic E-state index is 11.8. The van der Waals surface area contributed by atoms with Crippen LogP contribution in [0.3, 0.4) is 0 Å². The molecule has 4 heterocycles. The number of rotatable bonds is 1. The van der Waals surface area contributed by atoms with Crippen molar-refractivity contribution in [2.24, 2.45) is 7.05 Å². The molecule has 0 atom stereocenters. The Morgan fingerprint density at radius 3 is 2.61 bits per heavy atom. The lowest BCUT2D eigenvalue weighted by Gasteiger charge is -2.12. The fourth-order valence-electron chi connectivity index (χ4n) is 3.48. The third-order valence-corrected chi connectivity index (χ3v) is 5.26. The predicted molar refractivity (Wildman–Crippen MR) is 120 cm³/mol. The first-order chi connectivity index (χ1) is 15.2. The van der Waals surface area contributed by atoms with E-state index in [0.717, 1.165) is 43.5 Å². The van der Waals surface area contributed by atoms with Crippen LogP contribution in [0.4, 0.5) is 5.82 Å². The molecular formula is C24H28N4O3. The second-order valence-electron chi connectivity index (χ2n) is 7.78. The van der Waals surface area contributed by atoms with Crippen molar-refractivity contribution >= 4 is 5.82 Å². The van der Waals surface area contributed by atoms with E-state index in [1.807, 2.05) is 30.3 Å². The van der Waals surface area contributed by atoms with Crippen molar-refractivity contribution in [3.8, 4) is 23.0 Å². The molecule has 0 spiro atoms. The zero-order valence-corrected chi connectivity index (χ0v) is 17.8. The first kappa shape index (κ1) is 21.1. The summed E-state index contributed by atoms with van der Waals surface area (Å²) in [5.41, 5.74) is 2.56. The van der Waals surface area contributed by atoms with Gasteiger partial charge in [0.25, 0.3) is 0 Å². The molecule has 2 aromatic heterocycles. The largest absolute Gasteiger partial charge is 0.424 e. The topological polar surface area (TPSA) is 78.3 Å². The Balaban J connectivity index is 1.63. The van der Waals surface area contributed by atoms with Gasteiger partial charge in [-0.25, -0.2) is 0 Å². The Kier molecular flexibility index (Phi) is 6.94. The van der Waals surface area contributed by atoms with Crippen LogP contribution in [0, 0.1) is 0 Å². The van der Waals surface area contributed by atoms with E-state index in [4.69, 9.17) is 9.47 Å². The molecule has 2 aliphatic rings. The number of fused-ring (bicyclic) bond motifs is 11. The van der Waals surface area contributed by atoms with Gasteiger partial charge in [-0.3, -0.25) is 4.79 Å². The summed E-state index contributed by atoms with van der Waals surface area (Å²) in [7, 11) is 1.73. The average molecular weight is 421 g/mol. The van der Waals surface area contributed by atoms with Crippen LogP contribution in [-0.2, 0) is 18.4 Å². The van der Waals surface area contributed by atoms with Crippen LogP contribution in [0.5, 0.6) is 11.8 Å². The van der Waals surface area contributed by atoms with E-state index in [2.05, 4.69) is 15.3 Å². The van der Waals surface area contributed by atoms with Crippen LogP contribution in [0.2, 0.25) is 0 Å². The third-order valence-electron chi connectivity index (χ3n) is 5.26. The van der Waals surface area contributed by atoms with Crippen molar-refractivity contribution in [1.82, 2.24) is 14.5 Å². The minimum absolute atomic E-state index is 0.0649. The molecule has 0 unspecified atom stereocenters. The number of benzene rings is 1. The van der Waals surface area contributed by atoms with Crippen LogP contribution in [-0.4, -0.2) is 27.7 Å². The SMILES string of the molecule is Cn1cc(-c2cc3nc(n2)Oc2ccc(cc2)COCCCCCCCN3)ccc1=O. The highest BCUT2D eigenvalue weighted by Crippen LogP contribution is 2.25. The molecule has 0 saturated carbocycles. The Bertz CT molecular complexity index is 1060. The highest BCUT2D eigenvalue weighted by molar-refractivity contribution is 5.62. The lowest BCUT2D eigenvalue weighted by molar-refractivity contribution is 0.116. The van der Waals surface area contributed by atoms with Gasteiger partial charge >= 0.3 is 6.01 Å². The number of ether oxygens (including phenoxy) is 2. The van der Waals surface area contributed by atoms with Crippen LogP contribution in [0.1, 0.15) is 37.7 Å². The van der Waals surface area contributed by atoms with E-state index in [-0.39, 0.29) is 11.6 Å². The smallest absolute Gasteiger partial charge is 0.324 e. The number of hydrogen-bond acceptors (Lipinski definition) is 6. The summed E-state index contributed by atoms with van der Waals surface area (Å²) in [4.78, 5) is 20.9. The molecule has 2 aliphatic heterocycles. The predicted octanol–water partition coefficient (Wildman–Crippen LogP) is 4.53. The number of nitrogens with zero attached hydrogens (tertiary/aromatic N) is 3. The van der Waals surface area contributed by atoms with E-state index in [1.54, 1.807) is 19.3 Å². The van der Waals surface area contributed by atoms with Crippen molar-refractivity contribution in [3.05, 3.63) is 64.6 Å². The van der Waals surface area contributed by atoms with E-state index >= 15 is 0 Å². The van der Waals surface area contributed by atoms with Crippen LogP contribution in [0.25, 0.3) is 11.3 Å². The summed E-state index contributed by atoms with van der Waals surface area (Å²) in [6.07, 6.45) is 7.47. The molecule has 0 aliphatic carbocycles. The van der Waals surface area contributed by atoms with Gasteiger partial charge in [0.2, 0.25) is 5.56 Å². The molecule has 0 saturated heterocycles. The van der Waals surface area contributed by atoms with Crippen LogP contribution < -0.4 is 15.6 Å². The van der Waals surface area contributed by atoms with Crippen LogP contribution in [0.15, 0.2) is 53.5 Å². The second-order valence-corrected chi connectivity index (χ2v) is 7.78. The molecule has 7 heteroatoms. The summed E-state index contributed by atoms with van der Waals surface area (Å²) >= 11 is 0. The summed E-state index contributed by atoms with van der Waals surface area (Å²) in [6.45, 7) is 2.23. The minimum atomic E-state index is -0.0649. The Hall–Kier alpha value is -3.19. The lowest BCUT2D eigenvalue weighted by atomic mass is 10.1. The summed E-state index contributed by atoms with van der Waals surface area (Å²) in [6, 6.07) is 13.3. The zero-order chi connectivity index (χ0) is 21.5. The third kappa shape index (κ3) is 5.92. The van der Waals surface area contributed by atoms with Crippen molar-refractivity contribution in [2.75, 3.05) is 18.5 Å². The maximum Gasteiger partial charge on any atom is 0.324 e. The zero-order valence-electron chi connectivity index (χ0n) is 17.8. The van der Waals surface area contributed by atoms with Crippen molar-refractivity contribution in [1.29, 1.82) is 0 Å². The molecule has 0 amide bonds. The molecule has 31 heavy (non-hydrogen) atoms. The summed E-state index contributed by atoms with van der Waals surface area (Å²) in [5, 5.41) is 3.39. The Labute approximate surface area is 182 Å². The lowest BCUT2D eigenvalue weighted by Crippen LogP contribution is -2.14. The average Bonchev–Trinajstić information content (AvgIpc) is 2.77. The highest BCUT2D eigenvalue weighted by Gasteiger charge is 2.10. The van der Waals surface area contributed by atoms with Crippen molar-refractivity contribution in [3.63, 3.8) is 0 Å². The Morgan fingerprint density at radius 2 is 1.77 bits per heavy atom. The molecule has 162 valence electrons. The molecule has 7 nitrogen and oxygen atoms in total. The van der Waals surface area contributed by atoms with Gasteiger partial charge in [-0.15, -0.1) is 0 Å². The van der Waals surface area contributed by atoms with Gasteiger partial charge in [0.15, 0.2) is 0 Å². The molecular weight excluding hydrogens is 392 g/mol. The summed E-state index contributed by atoms with van der Waals surface area (Å²) < 4.78 is 13.3. The minimum Gasteiger partial charge on any atom is -0.424 e. The van der Waals surface area contributed by atoms with Gasteiger partial charge in [0, 0.05) is 44.1 Å². The van der Waals surface area contributed by atoms with Gasteiger partial charge in [0.05, 0.1) is 12.3 Å². The van der Waals surface area contributed by atoms with Crippen molar-refractivity contribution in [2.45, 2.75) is 38.7 Å². The standard InChI is InChI=1S/C24H28N4O3/c1-28-16-19(9-12-23(28)29)21-15-22-25-13-5-3-2-4-6-14-30-17-18-7-10-20(11-8-18)31-24(26-21)27-22/h7-12,15-16H,2-6,13-14,17H2,1H3,(H,25,26,27). The maximum atomic E-state index is 11.8.